The third-order valence-corrected chi connectivity index (χ3v) is 2.89. The van der Waals surface area contributed by atoms with Crippen LogP contribution in [0.25, 0.3) is 6.08 Å². The summed E-state index contributed by atoms with van der Waals surface area (Å²) in [5.41, 5.74) is 5.12. The highest BCUT2D eigenvalue weighted by atomic mass is 16.1. The number of aryl methyl sites for hydroxylation is 1. The second-order valence-electron chi connectivity index (χ2n) is 4.54. The summed E-state index contributed by atoms with van der Waals surface area (Å²) < 4.78 is 0. The first-order valence-corrected chi connectivity index (χ1v) is 5.76. The van der Waals surface area contributed by atoms with E-state index in [0.29, 0.717) is 0 Å². The van der Waals surface area contributed by atoms with Crippen LogP contribution in [0.2, 0.25) is 0 Å². The van der Waals surface area contributed by atoms with Crippen molar-refractivity contribution in [2.45, 2.75) is 20.8 Å². The molecular weight excluding hydrogens is 208 g/mol. The summed E-state index contributed by atoms with van der Waals surface area (Å²) >= 11 is 0. The summed E-state index contributed by atoms with van der Waals surface area (Å²) in [6.07, 6.45) is 5.98. The van der Waals surface area contributed by atoms with Gasteiger partial charge in [-0.3, -0.25) is 4.79 Å². The molecule has 1 heteroatoms. The third kappa shape index (κ3) is 2.62. The van der Waals surface area contributed by atoms with Crippen molar-refractivity contribution in [1.29, 1.82) is 0 Å². The fourth-order valence-corrected chi connectivity index (χ4v) is 1.92. The first kappa shape index (κ1) is 11.6. The number of hydrogen-bond acceptors (Lipinski definition) is 1. The Bertz CT molecular complexity index is 515. The lowest BCUT2D eigenvalue weighted by Gasteiger charge is -2.09. The molecule has 1 nitrogen and oxygen atoms in total. The molecule has 0 fully saturated rings. The lowest BCUT2D eigenvalue weighted by molar-refractivity contribution is -0.112. The molecule has 1 aliphatic carbocycles. The summed E-state index contributed by atoms with van der Waals surface area (Å²) in [7, 11) is 0. The Morgan fingerprint density at radius 2 is 1.41 bits per heavy atom. The fourth-order valence-electron chi connectivity index (χ4n) is 1.92. The zero-order chi connectivity index (χ0) is 12.4. The van der Waals surface area contributed by atoms with E-state index in [1.165, 1.54) is 5.56 Å². The highest BCUT2D eigenvalue weighted by molar-refractivity contribution is 6.09. The van der Waals surface area contributed by atoms with Crippen LogP contribution in [0.1, 0.15) is 25.0 Å². The average Bonchev–Trinajstić information content (AvgIpc) is 2.29. The second-order valence-corrected chi connectivity index (χ2v) is 4.54. The van der Waals surface area contributed by atoms with Crippen molar-refractivity contribution in [3.05, 3.63) is 64.3 Å². The first-order chi connectivity index (χ1) is 8.06. The van der Waals surface area contributed by atoms with E-state index in [0.717, 1.165) is 22.3 Å². The maximum absolute atomic E-state index is 11.6. The van der Waals surface area contributed by atoms with Crippen LogP contribution in [-0.2, 0) is 4.79 Å². The third-order valence-electron chi connectivity index (χ3n) is 2.89. The molecule has 0 heterocycles. The minimum atomic E-state index is 0.144. The molecule has 0 N–H and O–H groups in total. The largest absolute Gasteiger partial charge is 0.289 e. The van der Waals surface area contributed by atoms with E-state index in [9.17, 15) is 4.79 Å². The van der Waals surface area contributed by atoms with Crippen LogP contribution in [0.3, 0.4) is 0 Å². The number of carbonyl (C=O) groups is 1. The summed E-state index contributed by atoms with van der Waals surface area (Å²) in [4.78, 5) is 11.6. The number of Topliss-reactive ketones (excluding diaryl/α,β-unsaturated/α-hetero) is 1. The van der Waals surface area contributed by atoms with Gasteiger partial charge < -0.3 is 0 Å². The molecule has 86 valence electrons. The van der Waals surface area contributed by atoms with Gasteiger partial charge in [0.2, 0.25) is 0 Å². The highest BCUT2D eigenvalue weighted by Crippen LogP contribution is 2.20. The smallest absolute Gasteiger partial charge is 0.184 e. The predicted molar refractivity (Wildman–Crippen MR) is 71.7 cm³/mol. The normalized spacial score (nSPS) is 15.5. The number of carbonyl (C=O) groups excluding carboxylic acids is 1. The Kier molecular flexibility index (Phi) is 3.10. The van der Waals surface area contributed by atoms with Crippen LogP contribution in [0.4, 0.5) is 0 Å². The minimum absolute atomic E-state index is 0.144. The van der Waals surface area contributed by atoms with Crippen LogP contribution >= 0.6 is 0 Å². The molecule has 0 unspecified atom stereocenters. The van der Waals surface area contributed by atoms with Gasteiger partial charge in [0.1, 0.15) is 0 Å². The van der Waals surface area contributed by atoms with E-state index < -0.39 is 0 Å². The van der Waals surface area contributed by atoms with E-state index in [2.05, 4.69) is 37.3 Å². The second kappa shape index (κ2) is 4.54. The molecule has 0 atom stereocenters. The lowest BCUT2D eigenvalue weighted by atomic mass is 9.94. The molecule has 0 spiro atoms. The number of rotatable bonds is 1. The molecule has 1 aliphatic rings. The van der Waals surface area contributed by atoms with Crippen LogP contribution in [0.15, 0.2) is 53.1 Å². The van der Waals surface area contributed by atoms with Crippen LogP contribution in [0, 0.1) is 6.92 Å². The van der Waals surface area contributed by atoms with E-state index in [1.54, 1.807) is 0 Å². The molecule has 0 aliphatic heterocycles. The van der Waals surface area contributed by atoms with Crippen molar-refractivity contribution in [2.75, 3.05) is 0 Å². The van der Waals surface area contributed by atoms with Gasteiger partial charge in [-0.05, 0) is 61.3 Å². The van der Waals surface area contributed by atoms with Crippen molar-refractivity contribution < 1.29 is 4.79 Å². The maximum Gasteiger partial charge on any atom is 0.184 e. The van der Waals surface area contributed by atoms with Crippen molar-refractivity contribution in [1.82, 2.24) is 0 Å². The average molecular weight is 224 g/mol. The van der Waals surface area contributed by atoms with Crippen molar-refractivity contribution in [3.63, 3.8) is 0 Å². The minimum Gasteiger partial charge on any atom is -0.289 e. The molecule has 0 bridgehead atoms. The molecule has 0 saturated carbocycles. The molecule has 1 aromatic carbocycles. The van der Waals surface area contributed by atoms with Crippen molar-refractivity contribution >= 4 is 11.9 Å². The highest BCUT2D eigenvalue weighted by Gasteiger charge is 2.12. The van der Waals surface area contributed by atoms with Crippen LogP contribution < -0.4 is 0 Å². The van der Waals surface area contributed by atoms with E-state index >= 15 is 0 Å². The molecule has 0 radical (unpaired) electrons. The Labute approximate surface area is 102 Å². The standard InChI is InChI=1S/C16H16O/c1-11-4-6-14(7-5-11)10-15-8-12(2)16(17)13(3)9-15/h4-10H,1-3H3. The molecule has 0 amide bonds. The SMILES string of the molecule is CC1=CC(=Cc2ccc(C)cc2)C=C(C)C1=O. The maximum atomic E-state index is 11.6. The molecule has 17 heavy (non-hydrogen) atoms. The fraction of sp³-hybridized carbons (Fsp3) is 0.188. The monoisotopic (exact) mass is 224 g/mol. The van der Waals surface area contributed by atoms with Gasteiger partial charge in [-0.1, -0.05) is 29.8 Å². The van der Waals surface area contributed by atoms with Gasteiger partial charge in [-0.25, -0.2) is 0 Å². The molecule has 1 aromatic rings. The Balaban J connectivity index is 2.35. The lowest BCUT2D eigenvalue weighted by Crippen LogP contribution is -2.05. The van der Waals surface area contributed by atoms with Gasteiger partial charge in [0.25, 0.3) is 0 Å². The number of benzene rings is 1. The zero-order valence-electron chi connectivity index (χ0n) is 10.4. The topological polar surface area (TPSA) is 17.1 Å². The number of allylic oxidation sites excluding steroid dienone is 5. The van der Waals surface area contributed by atoms with E-state index in [4.69, 9.17) is 0 Å². The number of ketones is 1. The first-order valence-electron chi connectivity index (χ1n) is 5.76. The quantitative estimate of drug-likeness (QED) is 0.708. The Hall–Kier alpha value is -1.89. The van der Waals surface area contributed by atoms with E-state index in [-0.39, 0.29) is 5.78 Å². The van der Waals surface area contributed by atoms with Crippen LogP contribution in [0.5, 0.6) is 0 Å². The molecule has 0 saturated heterocycles. The van der Waals surface area contributed by atoms with Gasteiger partial charge >= 0.3 is 0 Å². The van der Waals surface area contributed by atoms with Gasteiger partial charge in [0, 0.05) is 0 Å². The Morgan fingerprint density at radius 1 is 0.882 bits per heavy atom. The summed E-state index contributed by atoms with van der Waals surface area (Å²) in [5.74, 6) is 0.144. The summed E-state index contributed by atoms with van der Waals surface area (Å²) in [5, 5.41) is 0. The summed E-state index contributed by atoms with van der Waals surface area (Å²) in [6.45, 7) is 5.80. The molecular formula is C16H16O. The summed E-state index contributed by atoms with van der Waals surface area (Å²) in [6, 6.07) is 8.36. The number of hydrogen-bond donors (Lipinski definition) is 0. The molecule has 0 aromatic heterocycles. The van der Waals surface area contributed by atoms with Crippen molar-refractivity contribution in [2.24, 2.45) is 0 Å². The van der Waals surface area contributed by atoms with Gasteiger partial charge in [0.05, 0.1) is 0 Å². The van der Waals surface area contributed by atoms with Gasteiger partial charge in [-0.2, -0.15) is 0 Å². The van der Waals surface area contributed by atoms with Crippen molar-refractivity contribution in [3.8, 4) is 0 Å². The Morgan fingerprint density at radius 3 is 1.94 bits per heavy atom. The van der Waals surface area contributed by atoms with E-state index in [1.807, 2.05) is 26.0 Å². The van der Waals surface area contributed by atoms with Crippen LogP contribution in [-0.4, -0.2) is 5.78 Å². The van der Waals surface area contributed by atoms with Gasteiger partial charge in [-0.15, -0.1) is 0 Å². The predicted octanol–water partition coefficient (Wildman–Crippen LogP) is 3.85. The van der Waals surface area contributed by atoms with Gasteiger partial charge in [0.15, 0.2) is 5.78 Å². The zero-order valence-corrected chi connectivity index (χ0v) is 10.4. The molecule has 2 rings (SSSR count).